The highest BCUT2D eigenvalue weighted by molar-refractivity contribution is 7.20. The van der Waals surface area contributed by atoms with Gasteiger partial charge in [-0.15, -0.1) is 11.3 Å². The van der Waals surface area contributed by atoms with Gasteiger partial charge in [0.25, 0.3) is 0 Å². The lowest BCUT2D eigenvalue weighted by atomic mass is 10.5. The van der Waals surface area contributed by atoms with E-state index in [-0.39, 0.29) is 0 Å². The predicted molar refractivity (Wildman–Crippen MR) is 71.5 cm³/mol. The van der Waals surface area contributed by atoms with Gasteiger partial charge in [0.05, 0.1) is 20.7 Å². The van der Waals surface area contributed by atoms with E-state index in [1.165, 1.54) is 0 Å². The maximum absolute atomic E-state index is 6.00. The van der Waals surface area contributed by atoms with Crippen molar-refractivity contribution in [1.29, 1.82) is 0 Å². The van der Waals surface area contributed by atoms with Crippen molar-refractivity contribution in [1.82, 2.24) is 0 Å². The smallest absolute Gasteiger partial charge is 0.109 e. The van der Waals surface area contributed by atoms with Crippen molar-refractivity contribution < 1.29 is 0 Å². The Balaban J connectivity index is 2.21. The second-order valence-electron chi connectivity index (χ2n) is 2.80. The standard InChI is InChI=1S/C9H8Cl2N2S2/c1-12-9-5(10)2-8(15-9)13-7-4-14-3-6(7)11/h2-4,12-13H,1H3. The number of nitrogens with one attached hydrogen (secondary N) is 2. The average Bonchev–Trinajstić information content (AvgIpc) is 2.75. The van der Waals surface area contributed by atoms with E-state index in [1.54, 1.807) is 22.7 Å². The van der Waals surface area contributed by atoms with Gasteiger partial charge >= 0.3 is 0 Å². The van der Waals surface area contributed by atoms with Crippen LogP contribution in [0.5, 0.6) is 0 Å². The summed E-state index contributed by atoms with van der Waals surface area (Å²) in [5.41, 5.74) is 0.919. The minimum absolute atomic E-state index is 0.719. The van der Waals surface area contributed by atoms with Crippen LogP contribution in [0.4, 0.5) is 15.7 Å². The van der Waals surface area contributed by atoms with E-state index in [1.807, 2.05) is 23.9 Å². The van der Waals surface area contributed by atoms with Gasteiger partial charge in [0.1, 0.15) is 5.00 Å². The van der Waals surface area contributed by atoms with Crippen molar-refractivity contribution in [2.75, 3.05) is 17.7 Å². The van der Waals surface area contributed by atoms with E-state index in [9.17, 15) is 0 Å². The van der Waals surface area contributed by atoms with E-state index in [0.29, 0.717) is 0 Å². The zero-order valence-electron chi connectivity index (χ0n) is 7.80. The van der Waals surface area contributed by atoms with E-state index in [2.05, 4.69) is 10.6 Å². The molecule has 2 aromatic rings. The molecule has 2 N–H and O–H groups in total. The Morgan fingerprint density at radius 2 is 2.00 bits per heavy atom. The number of halogens is 2. The van der Waals surface area contributed by atoms with Gasteiger partial charge in [0.2, 0.25) is 0 Å². The number of hydrogen-bond acceptors (Lipinski definition) is 4. The maximum atomic E-state index is 6.00. The summed E-state index contributed by atoms with van der Waals surface area (Å²) in [6, 6.07) is 1.88. The van der Waals surface area contributed by atoms with E-state index < -0.39 is 0 Å². The molecule has 0 unspecified atom stereocenters. The Morgan fingerprint density at radius 3 is 2.53 bits per heavy atom. The summed E-state index contributed by atoms with van der Waals surface area (Å²) in [4.78, 5) is 0. The van der Waals surface area contributed by atoms with Gasteiger partial charge in [-0.25, -0.2) is 0 Å². The molecular formula is C9H8Cl2N2S2. The van der Waals surface area contributed by atoms with Crippen LogP contribution in [0.3, 0.4) is 0 Å². The Morgan fingerprint density at radius 1 is 1.20 bits per heavy atom. The van der Waals surface area contributed by atoms with Crippen LogP contribution in [-0.2, 0) is 0 Å². The van der Waals surface area contributed by atoms with Gasteiger partial charge < -0.3 is 10.6 Å². The summed E-state index contributed by atoms with van der Waals surface area (Å²) in [6.07, 6.45) is 0. The molecule has 0 aliphatic carbocycles. The van der Waals surface area contributed by atoms with Crippen LogP contribution in [0.15, 0.2) is 16.8 Å². The van der Waals surface area contributed by atoms with Crippen LogP contribution >= 0.6 is 45.9 Å². The molecule has 0 saturated carbocycles. The lowest BCUT2D eigenvalue weighted by Crippen LogP contribution is -1.84. The minimum Gasteiger partial charge on any atom is -0.379 e. The fourth-order valence-corrected chi connectivity index (χ4v) is 3.26. The van der Waals surface area contributed by atoms with E-state index in [0.717, 1.165) is 25.7 Å². The van der Waals surface area contributed by atoms with Crippen LogP contribution in [0.2, 0.25) is 10.0 Å². The third-order valence-electron chi connectivity index (χ3n) is 1.79. The predicted octanol–water partition coefficient (Wildman–Crippen LogP) is 4.90. The zero-order chi connectivity index (χ0) is 10.8. The highest BCUT2D eigenvalue weighted by atomic mass is 35.5. The van der Waals surface area contributed by atoms with Crippen LogP contribution in [0, 0.1) is 0 Å². The summed E-state index contributed by atoms with van der Waals surface area (Å²) >= 11 is 15.1. The largest absolute Gasteiger partial charge is 0.379 e. The molecule has 0 saturated heterocycles. The fourth-order valence-electron chi connectivity index (χ4n) is 1.10. The second-order valence-corrected chi connectivity index (χ2v) is 5.41. The van der Waals surface area contributed by atoms with Gasteiger partial charge in [-0.05, 0) is 6.07 Å². The molecule has 0 aromatic carbocycles. The first-order valence-corrected chi connectivity index (χ1v) is 6.68. The number of thiophene rings is 2. The molecule has 15 heavy (non-hydrogen) atoms. The molecule has 2 rings (SSSR count). The Labute approximate surface area is 106 Å². The zero-order valence-corrected chi connectivity index (χ0v) is 10.9. The number of rotatable bonds is 3. The molecule has 0 atom stereocenters. The lowest BCUT2D eigenvalue weighted by molar-refractivity contribution is 1.59. The summed E-state index contributed by atoms with van der Waals surface area (Å²) < 4.78 is 0. The Bertz CT molecular complexity index is 464. The topological polar surface area (TPSA) is 24.1 Å². The fraction of sp³-hybridized carbons (Fsp3) is 0.111. The van der Waals surface area contributed by atoms with Crippen molar-refractivity contribution >= 4 is 61.6 Å². The van der Waals surface area contributed by atoms with E-state index in [4.69, 9.17) is 23.2 Å². The molecule has 0 amide bonds. The summed E-state index contributed by atoms with van der Waals surface area (Å²) in [5, 5.41) is 13.5. The van der Waals surface area contributed by atoms with Crippen molar-refractivity contribution in [3.8, 4) is 0 Å². The molecule has 0 spiro atoms. The van der Waals surface area contributed by atoms with Gasteiger partial charge in [0.15, 0.2) is 0 Å². The molecule has 80 valence electrons. The van der Waals surface area contributed by atoms with Crippen molar-refractivity contribution in [3.05, 3.63) is 26.9 Å². The highest BCUT2D eigenvalue weighted by Crippen LogP contribution is 2.38. The molecule has 2 aromatic heterocycles. The van der Waals surface area contributed by atoms with E-state index >= 15 is 0 Å². The summed E-state index contributed by atoms with van der Waals surface area (Å²) in [5.74, 6) is 0. The van der Waals surface area contributed by atoms with Crippen LogP contribution in [0.25, 0.3) is 0 Å². The SMILES string of the molecule is CNc1sc(Nc2cscc2Cl)cc1Cl. The first-order chi connectivity index (χ1) is 7.20. The molecule has 2 nitrogen and oxygen atoms in total. The van der Waals surface area contributed by atoms with Crippen molar-refractivity contribution in [2.24, 2.45) is 0 Å². The summed E-state index contributed by atoms with van der Waals surface area (Å²) in [7, 11) is 1.85. The number of hydrogen-bond donors (Lipinski definition) is 2. The van der Waals surface area contributed by atoms with Crippen molar-refractivity contribution in [3.63, 3.8) is 0 Å². The molecule has 2 heterocycles. The van der Waals surface area contributed by atoms with Crippen LogP contribution in [0.1, 0.15) is 0 Å². The molecule has 0 radical (unpaired) electrons. The Hall–Kier alpha value is -0.420. The van der Waals surface area contributed by atoms with Gasteiger partial charge in [0, 0.05) is 17.8 Å². The average molecular weight is 279 g/mol. The third kappa shape index (κ3) is 2.39. The molecule has 0 aliphatic rings. The molecule has 0 aliphatic heterocycles. The van der Waals surface area contributed by atoms with Gasteiger partial charge in [-0.1, -0.05) is 34.5 Å². The lowest BCUT2D eigenvalue weighted by Gasteiger charge is -1.99. The monoisotopic (exact) mass is 278 g/mol. The first kappa shape index (κ1) is 11.1. The van der Waals surface area contributed by atoms with Gasteiger partial charge in [-0.2, -0.15) is 0 Å². The normalized spacial score (nSPS) is 10.3. The highest BCUT2D eigenvalue weighted by Gasteiger charge is 2.07. The molecular weight excluding hydrogens is 271 g/mol. The third-order valence-corrected chi connectivity index (χ3v) is 4.45. The quantitative estimate of drug-likeness (QED) is 0.834. The van der Waals surface area contributed by atoms with Crippen LogP contribution in [-0.4, -0.2) is 7.05 Å². The molecule has 6 heteroatoms. The molecule has 0 fully saturated rings. The van der Waals surface area contributed by atoms with Crippen molar-refractivity contribution in [2.45, 2.75) is 0 Å². The Kier molecular flexibility index (Phi) is 3.41. The van der Waals surface area contributed by atoms with Crippen LogP contribution < -0.4 is 10.6 Å². The maximum Gasteiger partial charge on any atom is 0.109 e. The molecule has 0 bridgehead atoms. The first-order valence-electron chi connectivity index (χ1n) is 4.16. The summed E-state index contributed by atoms with van der Waals surface area (Å²) in [6.45, 7) is 0. The van der Waals surface area contributed by atoms with Gasteiger partial charge in [-0.3, -0.25) is 0 Å². The minimum atomic E-state index is 0.719. The second kappa shape index (κ2) is 4.61. The number of anilines is 3.